The van der Waals surface area contributed by atoms with E-state index in [1.807, 2.05) is 0 Å². The smallest absolute Gasteiger partial charge is 1.00 e. The molecule has 160 valence electrons. The van der Waals surface area contributed by atoms with Crippen LogP contribution in [-0.4, -0.2) is 0 Å². The Hall–Kier alpha value is -0.496. The van der Waals surface area contributed by atoms with E-state index in [2.05, 4.69) is 97.5 Å². The van der Waals surface area contributed by atoms with E-state index in [1.165, 1.54) is 56.5 Å². The van der Waals surface area contributed by atoms with Gasteiger partial charge in [0.1, 0.15) is 0 Å². The Kier molecular flexibility index (Phi) is 12.9. The summed E-state index contributed by atoms with van der Waals surface area (Å²) < 4.78 is 1.50. The van der Waals surface area contributed by atoms with Gasteiger partial charge in [-0.1, -0.05) is 0 Å². The van der Waals surface area contributed by atoms with Crippen LogP contribution in [0.4, 0.5) is 0 Å². The molecule has 30 heavy (non-hydrogen) atoms. The third kappa shape index (κ3) is 7.01. The van der Waals surface area contributed by atoms with Crippen LogP contribution in [0.25, 0.3) is 0 Å². The molecule has 0 N–H and O–H groups in total. The van der Waals surface area contributed by atoms with Crippen molar-refractivity contribution in [2.45, 2.75) is 66.2 Å². The van der Waals surface area contributed by atoms with E-state index in [1.54, 1.807) is 11.1 Å². The molecule has 0 heterocycles. The third-order valence-electron chi connectivity index (χ3n) is 5.52. The summed E-state index contributed by atoms with van der Waals surface area (Å²) in [5.41, 5.74) is 11.6. The van der Waals surface area contributed by atoms with Crippen molar-refractivity contribution in [1.82, 2.24) is 0 Å². The molecule has 0 atom stereocenters. The van der Waals surface area contributed by atoms with Crippen LogP contribution in [-0.2, 0) is 20.4 Å². The summed E-state index contributed by atoms with van der Waals surface area (Å²) in [6, 6.07) is 14.2. The van der Waals surface area contributed by atoms with E-state index >= 15 is 0 Å². The molecule has 1 aliphatic rings. The maximum absolute atomic E-state index is 2.44. The number of aryl methyl sites for hydroxylation is 4. The maximum atomic E-state index is 2.44. The minimum absolute atomic E-state index is 0. The van der Waals surface area contributed by atoms with Crippen LogP contribution < -0.4 is 37.2 Å². The van der Waals surface area contributed by atoms with Crippen molar-refractivity contribution in [3.05, 3.63) is 90.9 Å². The molecule has 0 bridgehead atoms. The molecule has 0 amide bonds. The SMILES string of the molecule is CCCCC1=C(C(c2cc(C)cc(C)c2)c2cc(C)cc(C)c2)CC=[C]1[Ti+3].[Cl-].[Cl-].[Cl-]. The molecule has 0 saturated heterocycles. The van der Waals surface area contributed by atoms with Gasteiger partial charge in [-0.05, 0) is 0 Å². The first-order valence-corrected chi connectivity index (χ1v) is 11.0. The van der Waals surface area contributed by atoms with Gasteiger partial charge in [-0.25, -0.2) is 0 Å². The number of rotatable bonds is 6. The van der Waals surface area contributed by atoms with Gasteiger partial charge >= 0.3 is 178 Å². The van der Waals surface area contributed by atoms with Crippen molar-refractivity contribution in [2.75, 3.05) is 0 Å². The van der Waals surface area contributed by atoms with Crippen LogP contribution in [0.5, 0.6) is 0 Å². The molecule has 0 unspecified atom stereocenters. The van der Waals surface area contributed by atoms with Gasteiger partial charge in [-0.15, -0.1) is 0 Å². The van der Waals surface area contributed by atoms with Crippen LogP contribution in [0, 0.1) is 27.7 Å². The fourth-order valence-corrected chi connectivity index (χ4v) is 5.13. The van der Waals surface area contributed by atoms with Crippen molar-refractivity contribution in [3.63, 3.8) is 0 Å². The molecule has 0 nitrogen and oxygen atoms in total. The predicted octanol–water partition coefficient (Wildman–Crippen LogP) is -1.61. The summed E-state index contributed by atoms with van der Waals surface area (Å²) in [7, 11) is 0. The Morgan fingerprint density at radius 1 is 0.767 bits per heavy atom. The zero-order chi connectivity index (χ0) is 19.6. The molecular formula is C26H31Cl3Ti. The number of benzene rings is 2. The van der Waals surface area contributed by atoms with Gasteiger partial charge in [0.05, 0.1) is 0 Å². The number of unbranched alkanes of at least 4 members (excludes halogenated alkanes) is 1. The first-order chi connectivity index (χ1) is 12.9. The number of allylic oxidation sites excluding steroid dienone is 4. The Morgan fingerprint density at radius 2 is 1.20 bits per heavy atom. The van der Waals surface area contributed by atoms with E-state index < -0.39 is 0 Å². The molecule has 3 rings (SSSR count). The predicted molar refractivity (Wildman–Crippen MR) is 113 cm³/mol. The monoisotopic (exact) mass is 496 g/mol. The van der Waals surface area contributed by atoms with Gasteiger partial charge in [-0.2, -0.15) is 0 Å². The minimum atomic E-state index is 0. The molecule has 0 spiro atoms. The van der Waals surface area contributed by atoms with E-state index in [9.17, 15) is 0 Å². The standard InChI is InChI=1S/C26H31.3ClH.Ti/c1-6-7-9-22-10-8-11-25(22)26(23-14-18(2)12-19(3)15-23)24-16-20(4)13-21(5)17-24;;;;/h8,12-17,26H,6-7,9,11H2,1-5H3;3*1H;/q;;;;+3/p-3. The van der Waals surface area contributed by atoms with Crippen molar-refractivity contribution in [3.8, 4) is 0 Å². The number of halogens is 3. The second-order valence-corrected chi connectivity index (χ2v) is 9.05. The second kappa shape index (κ2) is 13.1. The molecule has 0 aliphatic heterocycles. The van der Waals surface area contributed by atoms with Gasteiger partial charge in [-0.3, -0.25) is 0 Å². The molecular weight excluding hydrogens is 467 g/mol. The van der Waals surface area contributed by atoms with Gasteiger partial charge in [0.2, 0.25) is 0 Å². The zero-order valence-electron chi connectivity index (χ0n) is 18.6. The van der Waals surface area contributed by atoms with Crippen molar-refractivity contribution in [2.24, 2.45) is 0 Å². The van der Waals surface area contributed by atoms with E-state index in [-0.39, 0.29) is 37.2 Å². The summed E-state index contributed by atoms with van der Waals surface area (Å²) in [4.78, 5) is 0. The molecule has 1 aliphatic carbocycles. The van der Waals surface area contributed by atoms with Crippen LogP contribution >= 0.6 is 0 Å². The molecule has 2 aromatic carbocycles. The zero-order valence-corrected chi connectivity index (χ0v) is 22.4. The summed E-state index contributed by atoms with van der Waals surface area (Å²) in [5, 5.41) is 0. The average molecular weight is 498 g/mol. The average Bonchev–Trinajstić information content (AvgIpc) is 2.92. The first-order valence-electron chi connectivity index (χ1n) is 10.2. The van der Waals surface area contributed by atoms with Crippen molar-refractivity contribution in [1.29, 1.82) is 0 Å². The maximum Gasteiger partial charge on any atom is -1.00 e. The summed E-state index contributed by atoms with van der Waals surface area (Å²) >= 11 is 2.30. The quantitative estimate of drug-likeness (QED) is 0.421. The van der Waals surface area contributed by atoms with E-state index in [0.29, 0.717) is 5.92 Å². The fourth-order valence-electron chi connectivity index (χ4n) is 4.52. The number of hydrogen-bond acceptors (Lipinski definition) is 0. The minimum Gasteiger partial charge on any atom is -1.00 e. The van der Waals surface area contributed by atoms with E-state index in [0.717, 1.165) is 6.42 Å². The van der Waals surface area contributed by atoms with Crippen LogP contribution in [0.15, 0.2) is 57.5 Å². The largest absolute Gasteiger partial charge is 1.00 e. The van der Waals surface area contributed by atoms with Gasteiger partial charge in [0.25, 0.3) is 0 Å². The Balaban J connectivity index is 0.00000280. The fraction of sp³-hybridized carbons (Fsp3) is 0.385. The molecule has 0 radical (unpaired) electrons. The topological polar surface area (TPSA) is 0 Å². The Labute approximate surface area is 213 Å². The second-order valence-electron chi connectivity index (χ2n) is 8.20. The summed E-state index contributed by atoms with van der Waals surface area (Å²) in [6.45, 7) is 11.2. The Bertz CT molecular complexity index is 820. The van der Waals surface area contributed by atoms with Crippen molar-refractivity contribution < 1.29 is 57.7 Å². The Morgan fingerprint density at radius 3 is 1.60 bits per heavy atom. The number of hydrogen-bond donors (Lipinski definition) is 0. The van der Waals surface area contributed by atoms with E-state index in [4.69, 9.17) is 0 Å². The third-order valence-corrected chi connectivity index (χ3v) is 6.31. The molecule has 0 saturated carbocycles. The molecule has 4 heteroatoms. The molecule has 2 aromatic rings. The normalized spacial score (nSPS) is 12.9. The van der Waals surface area contributed by atoms with Gasteiger partial charge in [0, 0.05) is 0 Å². The molecule has 0 aromatic heterocycles. The summed E-state index contributed by atoms with van der Waals surface area (Å²) in [6.07, 6.45) is 7.27. The van der Waals surface area contributed by atoms with Crippen LogP contribution in [0.1, 0.15) is 71.9 Å². The van der Waals surface area contributed by atoms with Crippen LogP contribution in [0.3, 0.4) is 0 Å². The molecule has 0 fully saturated rings. The first kappa shape index (κ1) is 29.5. The van der Waals surface area contributed by atoms with Gasteiger partial charge in [0.15, 0.2) is 0 Å². The summed E-state index contributed by atoms with van der Waals surface area (Å²) in [5.74, 6) is 0.364. The van der Waals surface area contributed by atoms with Gasteiger partial charge < -0.3 is 37.2 Å². The van der Waals surface area contributed by atoms with Crippen molar-refractivity contribution >= 4 is 0 Å². The van der Waals surface area contributed by atoms with Crippen LogP contribution in [0.2, 0.25) is 0 Å².